The van der Waals surface area contributed by atoms with Crippen molar-refractivity contribution in [1.29, 1.82) is 0 Å². The summed E-state index contributed by atoms with van der Waals surface area (Å²) in [7, 11) is 2.04. The molecular weight excluding hydrogens is 248 g/mol. The Hall–Kier alpha value is -2.55. The van der Waals surface area contributed by atoms with Crippen molar-refractivity contribution in [2.24, 2.45) is 7.05 Å². The topological polar surface area (TPSA) is 34.0 Å². The molecule has 3 rings (SSSR count). The van der Waals surface area contributed by atoms with E-state index in [1.807, 2.05) is 43.4 Å². The van der Waals surface area contributed by atoms with Crippen LogP contribution in [-0.2, 0) is 7.05 Å². The second-order valence-electron chi connectivity index (χ2n) is 4.94. The zero-order valence-corrected chi connectivity index (χ0v) is 11.6. The van der Waals surface area contributed by atoms with E-state index in [-0.39, 0.29) is 5.91 Å². The minimum absolute atomic E-state index is 0.0856. The lowest BCUT2D eigenvalue weighted by molar-refractivity contribution is 0.102. The molecule has 0 radical (unpaired) electrons. The number of aromatic nitrogens is 1. The molecular formula is C17H16N2O. The molecule has 0 aliphatic heterocycles. The van der Waals surface area contributed by atoms with Gasteiger partial charge in [0.05, 0.1) is 0 Å². The maximum absolute atomic E-state index is 12.1. The highest BCUT2D eigenvalue weighted by molar-refractivity contribution is 6.05. The zero-order valence-electron chi connectivity index (χ0n) is 11.6. The van der Waals surface area contributed by atoms with Gasteiger partial charge in [-0.2, -0.15) is 0 Å². The third-order valence-electron chi connectivity index (χ3n) is 3.58. The molecule has 0 bridgehead atoms. The Balaban J connectivity index is 1.90. The maximum atomic E-state index is 12.1. The summed E-state index contributed by atoms with van der Waals surface area (Å²) in [5.74, 6) is -0.0856. The number of aryl methyl sites for hydroxylation is 2. The quantitative estimate of drug-likeness (QED) is 0.751. The molecule has 2 aromatic carbocycles. The molecule has 0 saturated carbocycles. The highest BCUT2D eigenvalue weighted by Crippen LogP contribution is 2.22. The van der Waals surface area contributed by atoms with Gasteiger partial charge in [0.15, 0.2) is 0 Å². The molecule has 3 heteroatoms. The van der Waals surface area contributed by atoms with Crippen LogP contribution in [0.25, 0.3) is 10.9 Å². The van der Waals surface area contributed by atoms with E-state index in [0.717, 1.165) is 11.1 Å². The molecule has 100 valence electrons. The van der Waals surface area contributed by atoms with E-state index in [1.165, 1.54) is 11.2 Å². The first-order chi connectivity index (χ1) is 9.65. The summed E-state index contributed by atoms with van der Waals surface area (Å²) in [6.45, 7) is 2.07. The number of amides is 1. The van der Waals surface area contributed by atoms with Crippen LogP contribution in [0.1, 0.15) is 16.1 Å². The van der Waals surface area contributed by atoms with Crippen LogP contribution in [0.5, 0.6) is 0 Å². The summed E-state index contributed by atoms with van der Waals surface area (Å²) in [4.78, 5) is 12.1. The summed E-state index contributed by atoms with van der Waals surface area (Å²) in [6, 6.07) is 17.3. The monoisotopic (exact) mass is 264 g/mol. The lowest BCUT2D eigenvalue weighted by atomic mass is 10.2. The molecule has 1 amide bonds. The van der Waals surface area contributed by atoms with Crippen LogP contribution >= 0.6 is 0 Å². The van der Waals surface area contributed by atoms with E-state index in [0.29, 0.717) is 5.56 Å². The molecule has 1 heterocycles. The van der Waals surface area contributed by atoms with Crippen molar-refractivity contribution in [2.45, 2.75) is 6.92 Å². The Morgan fingerprint density at radius 2 is 1.80 bits per heavy atom. The smallest absolute Gasteiger partial charge is 0.255 e. The number of hydrogen-bond acceptors (Lipinski definition) is 1. The molecule has 20 heavy (non-hydrogen) atoms. The van der Waals surface area contributed by atoms with Crippen LogP contribution in [0.4, 0.5) is 5.69 Å². The highest BCUT2D eigenvalue weighted by atomic mass is 16.1. The van der Waals surface area contributed by atoms with Crippen molar-refractivity contribution in [3.63, 3.8) is 0 Å². The number of carbonyl (C=O) groups is 1. The number of fused-ring (bicyclic) bond motifs is 1. The maximum Gasteiger partial charge on any atom is 0.255 e. The van der Waals surface area contributed by atoms with E-state index in [4.69, 9.17) is 0 Å². The molecule has 0 saturated heterocycles. The van der Waals surface area contributed by atoms with Crippen LogP contribution in [0, 0.1) is 6.92 Å². The summed E-state index contributed by atoms with van der Waals surface area (Å²) < 4.78 is 2.14. The van der Waals surface area contributed by atoms with Gasteiger partial charge in [0, 0.05) is 34.9 Å². The first-order valence-electron chi connectivity index (χ1n) is 6.57. The minimum Gasteiger partial charge on any atom is -0.348 e. The first-order valence-corrected chi connectivity index (χ1v) is 6.57. The summed E-state index contributed by atoms with van der Waals surface area (Å²) in [6.07, 6.45) is 0. The Morgan fingerprint density at radius 1 is 1.05 bits per heavy atom. The molecule has 0 aliphatic rings. The Kier molecular flexibility index (Phi) is 3.03. The van der Waals surface area contributed by atoms with Crippen LogP contribution < -0.4 is 5.32 Å². The average molecular weight is 264 g/mol. The van der Waals surface area contributed by atoms with Crippen molar-refractivity contribution in [1.82, 2.24) is 4.57 Å². The molecule has 0 spiro atoms. The lowest BCUT2D eigenvalue weighted by Crippen LogP contribution is -2.11. The number of nitrogens with one attached hydrogen (secondary N) is 1. The van der Waals surface area contributed by atoms with Gasteiger partial charge in [-0.3, -0.25) is 4.79 Å². The predicted octanol–water partition coefficient (Wildman–Crippen LogP) is 3.74. The van der Waals surface area contributed by atoms with E-state index < -0.39 is 0 Å². The average Bonchev–Trinajstić information content (AvgIpc) is 2.74. The van der Waals surface area contributed by atoms with Gasteiger partial charge in [0.1, 0.15) is 0 Å². The molecule has 0 unspecified atom stereocenters. The van der Waals surface area contributed by atoms with Gasteiger partial charge in [0.2, 0.25) is 0 Å². The Morgan fingerprint density at radius 3 is 2.55 bits per heavy atom. The largest absolute Gasteiger partial charge is 0.348 e. The normalized spacial score (nSPS) is 10.7. The van der Waals surface area contributed by atoms with Crippen LogP contribution in [-0.4, -0.2) is 10.5 Å². The van der Waals surface area contributed by atoms with Crippen molar-refractivity contribution in [2.75, 3.05) is 5.32 Å². The number of hydrogen-bond donors (Lipinski definition) is 1. The van der Waals surface area contributed by atoms with E-state index in [2.05, 4.69) is 22.9 Å². The number of anilines is 1. The molecule has 0 fully saturated rings. The van der Waals surface area contributed by atoms with Gasteiger partial charge < -0.3 is 9.88 Å². The van der Waals surface area contributed by atoms with Crippen LogP contribution in [0.2, 0.25) is 0 Å². The van der Waals surface area contributed by atoms with Crippen LogP contribution in [0.15, 0.2) is 54.6 Å². The second kappa shape index (κ2) is 4.85. The molecule has 0 aliphatic carbocycles. The van der Waals surface area contributed by atoms with Gasteiger partial charge >= 0.3 is 0 Å². The third kappa shape index (κ3) is 2.18. The number of nitrogens with zero attached hydrogens (tertiary/aromatic N) is 1. The number of benzene rings is 2. The summed E-state index contributed by atoms with van der Waals surface area (Å²) >= 11 is 0. The zero-order chi connectivity index (χ0) is 14.1. The van der Waals surface area contributed by atoms with Crippen molar-refractivity contribution < 1.29 is 4.79 Å². The van der Waals surface area contributed by atoms with Gasteiger partial charge in [-0.05, 0) is 43.3 Å². The highest BCUT2D eigenvalue weighted by Gasteiger charge is 2.07. The molecule has 0 atom stereocenters. The number of rotatable bonds is 2. The van der Waals surface area contributed by atoms with Crippen molar-refractivity contribution in [3.05, 3.63) is 65.9 Å². The predicted molar refractivity (Wildman–Crippen MR) is 82.1 cm³/mol. The molecule has 1 aromatic heterocycles. The van der Waals surface area contributed by atoms with Crippen molar-refractivity contribution >= 4 is 22.5 Å². The van der Waals surface area contributed by atoms with Crippen molar-refractivity contribution in [3.8, 4) is 0 Å². The fourth-order valence-corrected chi connectivity index (χ4v) is 2.36. The van der Waals surface area contributed by atoms with Crippen LogP contribution in [0.3, 0.4) is 0 Å². The summed E-state index contributed by atoms with van der Waals surface area (Å²) in [5.41, 5.74) is 3.85. The molecule has 3 aromatic rings. The summed E-state index contributed by atoms with van der Waals surface area (Å²) in [5, 5.41) is 4.07. The molecule has 3 nitrogen and oxygen atoms in total. The fourth-order valence-electron chi connectivity index (χ4n) is 2.36. The lowest BCUT2D eigenvalue weighted by Gasteiger charge is -2.06. The van der Waals surface area contributed by atoms with Gasteiger partial charge in [-0.25, -0.2) is 0 Å². The standard InChI is InChI=1S/C17H16N2O/c1-12-10-14-11-15(8-9-16(14)19(12)2)18-17(20)13-6-4-3-5-7-13/h3-11H,1-2H3,(H,18,20). The fraction of sp³-hybridized carbons (Fsp3) is 0.118. The number of carbonyl (C=O) groups excluding carboxylic acids is 1. The minimum atomic E-state index is -0.0856. The Bertz CT molecular complexity index is 772. The van der Waals surface area contributed by atoms with E-state index >= 15 is 0 Å². The third-order valence-corrected chi connectivity index (χ3v) is 3.58. The van der Waals surface area contributed by atoms with Gasteiger partial charge in [0.25, 0.3) is 5.91 Å². The first kappa shape index (κ1) is 12.5. The molecule has 1 N–H and O–H groups in total. The van der Waals surface area contributed by atoms with Gasteiger partial charge in [-0.1, -0.05) is 18.2 Å². The Labute approximate surface area is 117 Å². The van der Waals surface area contributed by atoms with Gasteiger partial charge in [-0.15, -0.1) is 0 Å². The van der Waals surface area contributed by atoms with E-state index in [9.17, 15) is 4.79 Å². The second-order valence-corrected chi connectivity index (χ2v) is 4.94. The van der Waals surface area contributed by atoms with E-state index in [1.54, 1.807) is 12.1 Å². The SMILES string of the molecule is Cc1cc2cc(NC(=O)c3ccccc3)ccc2n1C.